The number of piperazine rings is 1. The molecule has 6 heteroatoms. The number of hydrogen-bond donors (Lipinski definition) is 0. The number of nitriles is 1. The van der Waals surface area contributed by atoms with Crippen LogP contribution >= 0.6 is 11.6 Å². The quantitative estimate of drug-likeness (QED) is 0.833. The van der Waals surface area contributed by atoms with Crippen molar-refractivity contribution in [3.8, 4) is 17.6 Å². The first-order valence-corrected chi connectivity index (χ1v) is 7.81. The third kappa shape index (κ3) is 3.64. The van der Waals surface area contributed by atoms with Crippen molar-refractivity contribution in [2.75, 3.05) is 46.9 Å². The Labute approximate surface area is 137 Å². The average Bonchev–Trinajstić information content (AvgIpc) is 2.52. The fraction of sp³-hybridized carbons (Fsp3) is 0.562. The molecule has 1 aromatic carbocycles. The third-order valence-electron chi connectivity index (χ3n) is 3.88. The molecule has 1 heterocycles. The van der Waals surface area contributed by atoms with Gasteiger partial charge in [-0.15, -0.1) is 0 Å². The van der Waals surface area contributed by atoms with Crippen LogP contribution in [0.2, 0.25) is 5.02 Å². The Morgan fingerprint density at radius 3 is 2.55 bits per heavy atom. The molecule has 1 aromatic rings. The van der Waals surface area contributed by atoms with Gasteiger partial charge >= 0.3 is 0 Å². The summed E-state index contributed by atoms with van der Waals surface area (Å²) >= 11 is 6.31. The Hall–Kier alpha value is -1.48. The van der Waals surface area contributed by atoms with Gasteiger partial charge in [-0.2, -0.15) is 5.26 Å². The summed E-state index contributed by atoms with van der Waals surface area (Å²) < 4.78 is 10.9. The second-order valence-corrected chi connectivity index (χ2v) is 5.75. The molecule has 0 bridgehead atoms. The SMILES string of the molecule is CCOc1c(Cl)cc(C(C#N)N2CCN(C)CC2)cc1OC. The standard InChI is InChI=1S/C16H22ClN3O2/c1-4-22-16-13(17)9-12(10-15(16)21-3)14(11-18)20-7-5-19(2)6-8-20/h9-10,14H,4-8H2,1-3H3. The van der Waals surface area contributed by atoms with E-state index in [0.717, 1.165) is 31.7 Å². The van der Waals surface area contributed by atoms with Crippen LogP contribution in [0.15, 0.2) is 12.1 Å². The monoisotopic (exact) mass is 323 g/mol. The molecule has 5 nitrogen and oxygen atoms in total. The fourth-order valence-corrected chi connectivity index (χ4v) is 2.90. The molecule has 1 aliphatic heterocycles. The molecule has 1 atom stereocenters. The lowest BCUT2D eigenvalue weighted by molar-refractivity contribution is 0.132. The number of hydrogen-bond acceptors (Lipinski definition) is 5. The molecule has 1 saturated heterocycles. The summed E-state index contributed by atoms with van der Waals surface area (Å²) in [6.45, 7) is 6.05. The van der Waals surface area contributed by atoms with Crippen LogP contribution in [-0.4, -0.2) is 56.7 Å². The Morgan fingerprint density at radius 2 is 2.00 bits per heavy atom. The average molecular weight is 324 g/mol. The number of nitrogens with zero attached hydrogens (tertiary/aromatic N) is 3. The van der Waals surface area contributed by atoms with E-state index >= 15 is 0 Å². The minimum absolute atomic E-state index is 0.323. The van der Waals surface area contributed by atoms with Gasteiger partial charge in [0.1, 0.15) is 6.04 Å². The normalized spacial score (nSPS) is 17.8. The van der Waals surface area contributed by atoms with Gasteiger partial charge in [-0.05, 0) is 31.7 Å². The van der Waals surface area contributed by atoms with Gasteiger partial charge in [-0.3, -0.25) is 4.90 Å². The summed E-state index contributed by atoms with van der Waals surface area (Å²) in [5, 5.41) is 10.1. The van der Waals surface area contributed by atoms with Crippen molar-refractivity contribution >= 4 is 11.6 Å². The first-order chi connectivity index (χ1) is 10.6. The molecule has 0 spiro atoms. The van der Waals surface area contributed by atoms with Gasteiger partial charge in [-0.25, -0.2) is 0 Å². The van der Waals surface area contributed by atoms with E-state index in [4.69, 9.17) is 21.1 Å². The summed E-state index contributed by atoms with van der Waals surface area (Å²) in [6.07, 6.45) is 0. The summed E-state index contributed by atoms with van der Waals surface area (Å²) in [4.78, 5) is 4.43. The van der Waals surface area contributed by atoms with E-state index in [0.29, 0.717) is 23.1 Å². The van der Waals surface area contributed by atoms with Gasteiger partial charge in [-0.1, -0.05) is 11.6 Å². The summed E-state index contributed by atoms with van der Waals surface area (Å²) in [5.74, 6) is 1.10. The maximum absolute atomic E-state index is 9.60. The molecule has 1 fully saturated rings. The summed E-state index contributed by atoms with van der Waals surface area (Å²) in [6, 6.07) is 5.72. The maximum atomic E-state index is 9.60. The lowest BCUT2D eigenvalue weighted by atomic mass is 10.0. The van der Waals surface area contributed by atoms with E-state index in [-0.39, 0.29) is 6.04 Å². The second-order valence-electron chi connectivity index (χ2n) is 5.34. The topological polar surface area (TPSA) is 48.7 Å². The van der Waals surface area contributed by atoms with Crippen molar-refractivity contribution < 1.29 is 9.47 Å². The molecule has 0 saturated carbocycles. The highest BCUT2D eigenvalue weighted by atomic mass is 35.5. The third-order valence-corrected chi connectivity index (χ3v) is 4.16. The molecular formula is C16H22ClN3O2. The van der Waals surface area contributed by atoms with Crippen LogP contribution in [0.25, 0.3) is 0 Å². The molecule has 1 unspecified atom stereocenters. The molecule has 0 amide bonds. The molecule has 0 aliphatic carbocycles. The Morgan fingerprint density at radius 1 is 1.32 bits per heavy atom. The van der Waals surface area contributed by atoms with E-state index in [2.05, 4.69) is 22.9 Å². The van der Waals surface area contributed by atoms with Crippen LogP contribution < -0.4 is 9.47 Å². The van der Waals surface area contributed by atoms with Crippen molar-refractivity contribution in [2.45, 2.75) is 13.0 Å². The highest BCUT2D eigenvalue weighted by Gasteiger charge is 2.25. The van der Waals surface area contributed by atoms with Crippen molar-refractivity contribution in [3.63, 3.8) is 0 Å². The van der Waals surface area contributed by atoms with Gasteiger partial charge in [0.05, 0.1) is 24.8 Å². The second kappa shape index (κ2) is 7.68. The zero-order chi connectivity index (χ0) is 16.1. The van der Waals surface area contributed by atoms with Crippen LogP contribution in [0, 0.1) is 11.3 Å². The van der Waals surface area contributed by atoms with E-state index in [1.54, 1.807) is 13.2 Å². The molecule has 120 valence electrons. The van der Waals surface area contributed by atoms with Crippen LogP contribution in [0.4, 0.5) is 0 Å². The highest BCUT2D eigenvalue weighted by molar-refractivity contribution is 6.32. The lowest BCUT2D eigenvalue weighted by Gasteiger charge is -2.35. The molecule has 2 rings (SSSR count). The molecule has 22 heavy (non-hydrogen) atoms. The van der Waals surface area contributed by atoms with Gasteiger partial charge in [0.15, 0.2) is 11.5 Å². The van der Waals surface area contributed by atoms with Crippen LogP contribution in [0.3, 0.4) is 0 Å². The number of methoxy groups -OCH3 is 1. The van der Waals surface area contributed by atoms with Crippen LogP contribution in [0.5, 0.6) is 11.5 Å². The van der Waals surface area contributed by atoms with Gasteiger partial charge < -0.3 is 14.4 Å². The van der Waals surface area contributed by atoms with Crippen LogP contribution in [-0.2, 0) is 0 Å². The summed E-state index contributed by atoms with van der Waals surface area (Å²) in [7, 11) is 3.67. The van der Waals surface area contributed by atoms with Gasteiger partial charge in [0.25, 0.3) is 0 Å². The van der Waals surface area contributed by atoms with Gasteiger partial charge in [0, 0.05) is 26.2 Å². The van der Waals surface area contributed by atoms with Gasteiger partial charge in [0.2, 0.25) is 0 Å². The first-order valence-electron chi connectivity index (χ1n) is 7.43. The van der Waals surface area contributed by atoms with Crippen molar-refractivity contribution in [1.82, 2.24) is 9.80 Å². The van der Waals surface area contributed by atoms with E-state index in [1.807, 2.05) is 13.0 Å². The lowest BCUT2D eigenvalue weighted by Crippen LogP contribution is -2.45. The highest BCUT2D eigenvalue weighted by Crippen LogP contribution is 2.39. The summed E-state index contributed by atoms with van der Waals surface area (Å²) in [5.41, 5.74) is 0.845. The molecule has 1 aliphatic rings. The van der Waals surface area contributed by atoms with E-state index < -0.39 is 0 Å². The minimum atomic E-state index is -0.323. The largest absolute Gasteiger partial charge is 0.493 e. The number of halogens is 1. The van der Waals surface area contributed by atoms with Crippen molar-refractivity contribution in [3.05, 3.63) is 22.7 Å². The smallest absolute Gasteiger partial charge is 0.179 e. The number of ether oxygens (including phenoxy) is 2. The Bertz CT molecular complexity index is 551. The zero-order valence-electron chi connectivity index (χ0n) is 13.3. The maximum Gasteiger partial charge on any atom is 0.179 e. The predicted molar refractivity (Wildman–Crippen MR) is 86.6 cm³/mol. The number of likely N-dealkylation sites (N-methyl/N-ethyl adjacent to an activating group) is 1. The number of rotatable bonds is 5. The number of benzene rings is 1. The molecule has 0 N–H and O–H groups in total. The van der Waals surface area contributed by atoms with Crippen molar-refractivity contribution in [2.24, 2.45) is 0 Å². The molecule has 0 aromatic heterocycles. The van der Waals surface area contributed by atoms with Crippen molar-refractivity contribution in [1.29, 1.82) is 5.26 Å². The zero-order valence-corrected chi connectivity index (χ0v) is 14.1. The first kappa shape index (κ1) is 16.9. The molecule has 0 radical (unpaired) electrons. The Balaban J connectivity index is 2.30. The fourth-order valence-electron chi connectivity index (χ4n) is 2.63. The predicted octanol–water partition coefficient (Wildman–Crippen LogP) is 2.56. The Kier molecular flexibility index (Phi) is 5.90. The van der Waals surface area contributed by atoms with Crippen LogP contribution in [0.1, 0.15) is 18.5 Å². The molecular weight excluding hydrogens is 302 g/mol. The van der Waals surface area contributed by atoms with E-state index in [1.165, 1.54) is 0 Å². The van der Waals surface area contributed by atoms with E-state index in [9.17, 15) is 5.26 Å². The minimum Gasteiger partial charge on any atom is -0.493 e.